The predicted molar refractivity (Wildman–Crippen MR) is 173 cm³/mol. The summed E-state index contributed by atoms with van der Waals surface area (Å²) in [7, 11) is 0.125. The van der Waals surface area contributed by atoms with Crippen molar-refractivity contribution in [2.75, 3.05) is 44.3 Å². The van der Waals surface area contributed by atoms with E-state index in [1.54, 1.807) is 51.0 Å². The van der Waals surface area contributed by atoms with E-state index < -0.39 is 68.4 Å². The van der Waals surface area contributed by atoms with Gasteiger partial charge in [0.05, 0.1) is 32.0 Å². The number of methoxy groups -OCH3 is 1. The molecule has 2 aromatic heterocycles. The van der Waals surface area contributed by atoms with Crippen LogP contribution < -0.4 is 20.2 Å². The Morgan fingerprint density at radius 3 is 2.62 bits per heavy atom. The van der Waals surface area contributed by atoms with Crippen LogP contribution in [0.2, 0.25) is 0 Å². The van der Waals surface area contributed by atoms with Crippen molar-refractivity contribution in [2.24, 2.45) is 0 Å². The normalized spacial score (nSPS) is 22.8. The number of para-hydroxylation sites is 1. The highest BCUT2D eigenvalue weighted by molar-refractivity contribution is 7.52. The zero-order chi connectivity index (χ0) is 35.4. The van der Waals surface area contributed by atoms with Crippen molar-refractivity contribution in [3.8, 4) is 5.75 Å². The fourth-order valence-corrected chi connectivity index (χ4v) is 6.78. The highest BCUT2D eigenvalue weighted by Crippen LogP contribution is 2.49. The van der Waals surface area contributed by atoms with Crippen LogP contribution in [-0.2, 0) is 39.3 Å². The van der Waals surface area contributed by atoms with Crippen LogP contribution in [0.25, 0.3) is 11.2 Å². The Hall–Kier alpha value is -3.60. The molecule has 4 rings (SSSR count). The Labute approximate surface area is 281 Å². The third kappa shape index (κ3) is 8.15. The molecule has 1 fully saturated rings. The first-order valence-corrected chi connectivity index (χ1v) is 17.0. The first-order valence-electron chi connectivity index (χ1n) is 14.9. The molecule has 1 saturated heterocycles. The Bertz CT molecular complexity index is 1660. The number of aromatic nitrogens is 4. The molecule has 3 aromatic rings. The lowest BCUT2D eigenvalue weighted by Gasteiger charge is -2.32. The number of nitrogen functional groups attached to an aromatic ring is 1. The second-order valence-corrected chi connectivity index (χ2v) is 13.6. The van der Waals surface area contributed by atoms with Crippen LogP contribution >= 0.6 is 19.3 Å². The van der Waals surface area contributed by atoms with Crippen LogP contribution in [-0.4, -0.2) is 100 Å². The first kappa shape index (κ1) is 37.2. The third-order valence-corrected chi connectivity index (χ3v) is 9.43. The second-order valence-electron chi connectivity index (χ2n) is 11.6. The molecule has 1 aromatic carbocycles. The average Bonchev–Trinajstić information content (AvgIpc) is 3.56. The van der Waals surface area contributed by atoms with Gasteiger partial charge >= 0.3 is 19.7 Å². The maximum Gasteiger partial charge on any atom is 0.459 e. The Kier molecular flexibility index (Phi) is 11.9. The highest BCUT2D eigenvalue weighted by Gasteiger charge is 2.57. The highest BCUT2D eigenvalue weighted by atomic mass is 35.5. The SMILES string of the molecule is COC(=O)CCc1ccccc1OP(=O)(N[C@@H](C)C(=O)OC(C)C)OC[C@@]1(CCl)O[C@@H](n2cnc3c(N(C)C)nc(N)nc32)[C@@H](F)[C@@H]1O. The van der Waals surface area contributed by atoms with Gasteiger partial charge in [0.25, 0.3) is 0 Å². The van der Waals surface area contributed by atoms with Gasteiger partial charge in [0.15, 0.2) is 29.4 Å². The standard InChI is InChI=1S/C29H40ClFN7O9P/c1-16(2)45-27(41)17(3)36-48(42,47-19-10-8-7-9-18(19)11-12-20(39)43-6)44-14-29(13-30)23(40)21(31)26(46-29)38-15-33-22-24(37(4)5)34-28(32)35-25(22)38/h7-10,15-17,21,23,26,40H,11-14H2,1-6H3,(H,36,42)(H2,32,34,35)/t17-,21-,23-,26+,29+,48?/m0/s1. The summed E-state index contributed by atoms with van der Waals surface area (Å²) >= 11 is 6.30. The lowest BCUT2D eigenvalue weighted by molar-refractivity contribution is -0.149. The van der Waals surface area contributed by atoms with E-state index in [1.807, 2.05) is 0 Å². The maximum absolute atomic E-state index is 15.9. The van der Waals surface area contributed by atoms with E-state index in [2.05, 4.69) is 20.0 Å². The molecule has 1 unspecified atom stereocenters. The number of nitrogens with one attached hydrogen (secondary N) is 1. The minimum atomic E-state index is -4.57. The molecule has 0 aliphatic carbocycles. The number of anilines is 2. The number of imidazole rings is 1. The molecular formula is C29H40ClFN7O9P. The summed E-state index contributed by atoms with van der Waals surface area (Å²) in [5.74, 6) is -1.41. The van der Waals surface area contributed by atoms with Gasteiger partial charge in [0, 0.05) is 20.5 Å². The molecule has 4 N–H and O–H groups in total. The minimum absolute atomic E-state index is 0.00319. The van der Waals surface area contributed by atoms with E-state index in [1.165, 1.54) is 31.0 Å². The number of alkyl halides is 2. The number of rotatable bonds is 15. The van der Waals surface area contributed by atoms with Gasteiger partial charge in [-0.1, -0.05) is 18.2 Å². The molecule has 0 amide bonds. The number of fused-ring (bicyclic) bond motifs is 1. The van der Waals surface area contributed by atoms with E-state index in [0.29, 0.717) is 16.9 Å². The number of nitrogens with zero attached hydrogens (tertiary/aromatic N) is 5. The van der Waals surface area contributed by atoms with Gasteiger partial charge in [-0.3, -0.25) is 18.7 Å². The predicted octanol–water partition coefficient (Wildman–Crippen LogP) is 2.92. The monoisotopic (exact) mass is 715 g/mol. The molecule has 48 heavy (non-hydrogen) atoms. The molecule has 0 saturated carbocycles. The lowest BCUT2D eigenvalue weighted by atomic mass is 9.99. The van der Waals surface area contributed by atoms with Crippen molar-refractivity contribution in [3.63, 3.8) is 0 Å². The number of ether oxygens (including phenoxy) is 3. The molecule has 264 valence electrons. The van der Waals surface area contributed by atoms with Gasteiger partial charge in [-0.05, 0) is 38.8 Å². The summed E-state index contributed by atoms with van der Waals surface area (Å²) in [5.41, 5.74) is 4.84. The summed E-state index contributed by atoms with van der Waals surface area (Å²) in [6, 6.07) is 5.22. The number of aliphatic hydroxyl groups excluding tert-OH is 1. The maximum atomic E-state index is 15.9. The zero-order valence-electron chi connectivity index (χ0n) is 27.3. The molecule has 0 bridgehead atoms. The number of aliphatic hydroxyl groups is 1. The van der Waals surface area contributed by atoms with E-state index in [9.17, 15) is 19.3 Å². The van der Waals surface area contributed by atoms with E-state index in [4.69, 9.17) is 40.6 Å². The van der Waals surface area contributed by atoms with Crippen LogP contribution in [0.1, 0.15) is 39.0 Å². The number of hydrogen-bond donors (Lipinski definition) is 3. The molecule has 1 aliphatic rings. The number of esters is 2. The van der Waals surface area contributed by atoms with Crippen LogP contribution in [0.15, 0.2) is 30.6 Å². The fourth-order valence-electron chi connectivity index (χ4n) is 4.89. The molecule has 6 atom stereocenters. The number of hydrogen-bond acceptors (Lipinski definition) is 14. The Balaban J connectivity index is 1.65. The number of halogens is 2. The van der Waals surface area contributed by atoms with E-state index in [0.717, 1.165) is 0 Å². The average molecular weight is 716 g/mol. The number of carbonyl (C=O) groups is 2. The summed E-state index contributed by atoms with van der Waals surface area (Å²) in [5, 5.41) is 13.7. The molecule has 16 nitrogen and oxygen atoms in total. The summed E-state index contributed by atoms with van der Waals surface area (Å²) in [4.78, 5) is 38.8. The van der Waals surface area contributed by atoms with Crippen molar-refractivity contribution in [1.82, 2.24) is 24.6 Å². The minimum Gasteiger partial charge on any atom is -0.469 e. The summed E-state index contributed by atoms with van der Waals surface area (Å²) < 4.78 is 59.2. The van der Waals surface area contributed by atoms with Gasteiger partial charge in [-0.15, -0.1) is 11.6 Å². The number of nitrogens with two attached hydrogens (primary N) is 1. The smallest absolute Gasteiger partial charge is 0.459 e. The second kappa shape index (κ2) is 15.3. The number of carbonyl (C=O) groups excluding carboxylic acids is 2. The number of benzene rings is 1. The topological polar surface area (TPSA) is 202 Å². The molecular weight excluding hydrogens is 676 g/mol. The fraction of sp³-hybridized carbons (Fsp3) is 0.552. The van der Waals surface area contributed by atoms with Crippen molar-refractivity contribution in [1.29, 1.82) is 0 Å². The van der Waals surface area contributed by atoms with E-state index >= 15 is 4.39 Å². The van der Waals surface area contributed by atoms with Gasteiger partial charge in [-0.25, -0.2) is 13.9 Å². The largest absolute Gasteiger partial charge is 0.469 e. The molecule has 0 radical (unpaired) electrons. The quantitative estimate of drug-likeness (QED) is 0.118. The lowest BCUT2D eigenvalue weighted by Crippen LogP contribution is -2.48. The molecule has 1 aliphatic heterocycles. The number of aryl methyl sites for hydroxylation is 1. The van der Waals surface area contributed by atoms with Crippen molar-refractivity contribution in [3.05, 3.63) is 36.2 Å². The van der Waals surface area contributed by atoms with Crippen LogP contribution in [0.5, 0.6) is 5.75 Å². The van der Waals surface area contributed by atoms with E-state index in [-0.39, 0.29) is 30.2 Å². The van der Waals surface area contributed by atoms with Gasteiger partial charge in [0.1, 0.15) is 23.5 Å². The zero-order valence-corrected chi connectivity index (χ0v) is 29.0. The summed E-state index contributed by atoms with van der Waals surface area (Å²) in [6.07, 6.45) is -4.54. The third-order valence-electron chi connectivity index (χ3n) is 7.37. The van der Waals surface area contributed by atoms with Gasteiger partial charge in [-0.2, -0.15) is 15.1 Å². The van der Waals surface area contributed by atoms with Crippen LogP contribution in [0.3, 0.4) is 0 Å². The summed E-state index contributed by atoms with van der Waals surface area (Å²) in [6.45, 7) is 3.92. The Morgan fingerprint density at radius 1 is 1.27 bits per heavy atom. The Morgan fingerprint density at radius 2 is 1.98 bits per heavy atom. The van der Waals surface area contributed by atoms with Crippen molar-refractivity contribution >= 4 is 54.2 Å². The first-order chi connectivity index (χ1) is 22.6. The van der Waals surface area contributed by atoms with Crippen LogP contribution in [0, 0.1) is 0 Å². The van der Waals surface area contributed by atoms with Crippen molar-refractivity contribution < 1.29 is 46.9 Å². The van der Waals surface area contributed by atoms with Crippen LogP contribution in [0.4, 0.5) is 16.2 Å². The molecule has 19 heteroatoms. The molecule has 3 heterocycles. The van der Waals surface area contributed by atoms with Gasteiger partial charge < -0.3 is 34.5 Å². The molecule has 0 spiro atoms. The van der Waals surface area contributed by atoms with Gasteiger partial charge in [0.2, 0.25) is 5.95 Å². The van der Waals surface area contributed by atoms with Crippen molar-refractivity contribution in [2.45, 2.75) is 69.9 Å².